The number of sulfonamides is 1. The maximum Gasteiger partial charge on any atom is 0.232 e. The average Bonchev–Trinajstić information content (AvgIpc) is 2.32. The van der Waals surface area contributed by atoms with Crippen molar-refractivity contribution in [3.05, 3.63) is 29.8 Å². The molecule has 100 valence electrons. The number of anilines is 1. The molecule has 1 aromatic rings. The van der Waals surface area contributed by atoms with Crippen LogP contribution in [0.1, 0.15) is 18.4 Å². The summed E-state index contributed by atoms with van der Waals surface area (Å²) in [5, 5.41) is 3.24. The van der Waals surface area contributed by atoms with E-state index in [-0.39, 0.29) is 11.7 Å². The van der Waals surface area contributed by atoms with Gasteiger partial charge in [-0.15, -0.1) is 0 Å². The quantitative estimate of drug-likeness (QED) is 0.874. The molecule has 0 bridgehead atoms. The summed E-state index contributed by atoms with van der Waals surface area (Å²) in [4.78, 5) is 0. The Balaban J connectivity index is 1.96. The van der Waals surface area contributed by atoms with Crippen molar-refractivity contribution in [2.45, 2.75) is 19.8 Å². The van der Waals surface area contributed by atoms with Gasteiger partial charge in [0.15, 0.2) is 0 Å². The third kappa shape index (κ3) is 3.99. The molecule has 2 rings (SSSR count). The van der Waals surface area contributed by atoms with Gasteiger partial charge in [-0.25, -0.2) is 8.42 Å². The van der Waals surface area contributed by atoms with Crippen LogP contribution in [0.5, 0.6) is 0 Å². The lowest BCUT2D eigenvalue weighted by Crippen LogP contribution is -2.33. The number of aryl methyl sites for hydroxylation is 1. The molecule has 0 radical (unpaired) electrons. The summed E-state index contributed by atoms with van der Waals surface area (Å²) in [7, 11) is -3.22. The first-order valence-corrected chi connectivity index (χ1v) is 7.98. The SMILES string of the molecule is Cc1ccc(NS(=O)(=O)CC2CCNCC2)cc1. The highest BCUT2D eigenvalue weighted by Gasteiger charge is 2.21. The fourth-order valence-electron chi connectivity index (χ4n) is 2.20. The normalized spacial score (nSPS) is 17.6. The fraction of sp³-hybridized carbons (Fsp3) is 0.538. The zero-order valence-electron chi connectivity index (χ0n) is 10.6. The Hall–Kier alpha value is -1.07. The molecule has 2 N–H and O–H groups in total. The van der Waals surface area contributed by atoms with Crippen LogP contribution < -0.4 is 10.0 Å². The van der Waals surface area contributed by atoms with Crippen molar-refractivity contribution in [2.75, 3.05) is 23.6 Å². The van der Waals surface area contributed by atoms with E-state index in [1.54, 1.807) is 12.1 Å². The Morgan fingerprint density at radius 3 is 2.44 bits per heavy atom. The molecule has 18 heavy (non-hydrogen) atoms. The molecule has 0 aliphatic carbocycles. The summed E-state index contributed by atoms with van der Waals surface area (Å²) in [5.41, 5.74) is 1.77. The highest BCUT2D eigenvalue weighted by molar-refractivity contribution is 7.92. The Morgan fingerprint density at radius 1 is 1.22 bits per heavy atom. The second kappa shape index (κ2) is 5.71. The summed E-state index contributed by atoms with van der Waals surface area (Å²) in [6.07, 6.45) is 1.88. The Kier molecular flexibility index (Phi) is 4.24. The topological polar surface area (TPSA) is 58.2 Å². The molecule has 1 aliphatic heterocycles. The molecule has 0 aromatic heterocycles. The Labute approximate surface area is 109 Å². The predicted molar refractivity (Wildman–Crippen MR) is 74.2 cm³/mol. The van der Waals surface area contributed by atoms with E-state index in [4.69, 9.17) is 0 Å². The van der Waals surface area contributed by atoms with Crippen LogP contribution in [0, 0.1) is 12.8 Å². The van der Waals surface area contributed by atoms with Crippen molar-refractivity contribution in [1.82, 2.24) is 5.32 Å². The van der Waals surface area contributed by atoms with E-state index in [0.717, 1.165) is 31.5 Å². The molecule has 0 atom stereocenters. The van der Waals surface area contributed by atoms with E-state index in [2.05, 4.69) is 10.0 Å². The molecule has 0 amide bonds. The van der Waals surface area contributed by atoms with Crippen LogP contribution in [-0.4, -0.2) is 27.3 Å². The van der Waals surface area contributed by atoms with Crippen LogP contribution in [0.2, 0.25) is 0 Å². The predicted octanol–water partition coefficient (Wildman–Crippen LogP) is 1.74. The molecular weight excluding hydrogens is 248 g/mol. The zero-order chi connectivity index (χ0) is 13.0. The van der Waals surface area contributed by atoms with Gasteiger partial charge < -0.3 is 5.32 Å². The van der Waals surface area contributed by atoms with Crippen molar-refractivity contribution in [1.29, 1.82) is 0 Å². The van der Waals surface area contributed by atoms with Crippen LogP contribution >= 0.6 is 0 Å². The largest absolute Gasteiger partial charge is 0.317 e. The molecule has 4 nitrogen and oxygen atoms in total. The smallest absolute Gasteiger partial charge is 0.232 e. The molecule has 1 saturated heterocycles. The number of piperidine rings is 1. The molecule has 1 aliphatic rings. The summed E-state index contributed by atoms with van der Waals surface area (Å²) < 4.78 is 26.7. The van der Waals surface area contributed by atoms with Crippen molar-refractivity contribution in [3.63, 3.8) is 0 Å². The molecule has 1 aromatic carbocycles. The van der Waals surface area contributed by atoms with Crippen LogP contribution in [0.15, 0.2) is 24.3 Å². The van der Waals surface area contributed by atoms with Gasteiger partial charge in [0, 0.05) is 5.69 Å². The van der Waals surface area contributed by atoms with E-state index in [0.29, 0.717) is 5.69 Å². The summed E-state index contributed by atoms with van der Waals surface area (Å²) in [6, 6.07) is 7.41. The van der Waals surface area contributed by atoms with Crippen LogP contribution in [0.4, 0.5) is 5.69 Å². The third-order valence-corrected chi connectivity index (χ3v) is 4.70. The number of hydrogen-bond donors (Lipinski definition) is 2. The maximum absolute atomic E-state index is 12.0. The van der Waals surface area contributed by atoms with E-state index in [1.807, 2.05) is 19.1 Å². The van der Waals surface area contributed by atoms with Crippen molar-refractivity contribution < 1.29 is 8.42 Å². The van der Waals surface area contributed by atoms with Gasteiger partial charge in [0.25, 0.3) is 0 Å². The lowest BCUT2D eigenvalue weighted by molar-refractivity contribution is 0.402. The third-order valence-electron chi connectivity index (χ3n) is 3.24. The lowest BCUT2D eigenvalue weighted by Gasteiger charge is -2.22. The number of rotatable bonds is 4. The summed E-state index contributed by atoms with van der Waals surface area (Å²) in [6.45, 7) is 3.82. The monoisotopic (exact) mass is 268 g/mol. The second-order valence-corrected chi connectivity index (χ2v) is 6.71. The standard InChI is InChI=1S/C13H20N2O2S/c1-11-2-4-13(5-3-11)15-18(16,17)10-12-6-8-14-9-7-12/h2-5,12,14-15H,6-10H2,1H3. The average molecular weight is 268 g/mol. The number of nitrogens with one attached hydrogen (secondary N) is 2. The van der Waals surface area contributed by atoms with Gasteiger partial charge in [-0.3, -0.25) is 4.72 Å². The van der Waals surface area contributed by atoms with Crippen molar-refractivity contribution in [3.8, 4) is 0 Å². The summed E-state index contributed by atoms with van der Waals surface area (Å²) >= 11 is 0. The second-order valence-electron chi connectivity index (χ2n) is 4.94. The Bertz CT molecular complexity index is 476. The molecule has 0 saturated carbocycles. The minimum absolute atomic E-state index is 0.225. The van der Waals surface area contributed by atoms with E-state index >= 15 is 0 Å². The first kappa shape index (κ1) is 13.4. The van der Waals surface area contributed by atoms with E-state index in [1.165, 1.54) is 0 Å². The van der Waals surface area contributed by atoms with Crippen LogP contribution in [-0.2, 0) is 10.0 Å². The minimum atomic E-state index is -3.22. The zero-order valence-corrected chi connectivity index (χ0v) is 11.5. The number of benzene rings is 1. The number of hydrogen-bond acceptors (Lipinski definition) is 3. The molecule has 5 heteroatoms. The molecular formula is C13H20N2O2S. The van der Waals surface area contributed by atoms with Crippen molar-refractivity contribution >= 4 is 15.7 Å². The van der Waals surface area contributed by atoms with Gasteiger partial charge in [-0.05, 0) is 50.9 Å². The van der Waals surface area contributed by atoms with Gasteiger partial charge >= 0.3 is 0 Å². The van der Waals surface area contributed by atoms with Gasteiger partial charge in [-0.2, -0.15) is 0 Å². The van der Waals surface area contributed by atoms with Crippen LogP contribution in [0.3, 0.4) is 0 Å². The molecule has 0 spiro atoms. The van der Waals surface area contributed by atoms with E-state index in [9.17, 15) is 8.42 Å². The lowest BCUT2D eigenvalue weighted by atomic mass is 10.0. The van der Waals surface area contributed by atoms with E-state index < -0.39 is 10.0 Å². The van der Waals surface area contributed by atoms with Gasteiger partial charge in [0.2, 0.25) is 10.0 Å². The van der Waals surface area contributed by atoms with Gasteiger partial charge in [0.1, 0.15) is 0 Å². The van der Waals surface area contributed by atoms with Crippen molar-refractivity contribution in [2.24, 2.45) is 5.92 Å². The fourth-order valence-corrected chi connectivity index (χ4v) is 3.73. The molecule has 1 fully saturated rings. The first-order chi connectivity index (χ1) is 8.55. The Morgan fingerprint density at radius 2 is 1.83 bits per heavy atom. The highest BCUT2D eigenvalue weighted by atomic mass is 32.2. The molecule has 1 heterocycles. The minimum Gasteiger partial charge on any atom is -0.317 e. The van der Waals surface area contributed by atoms with Gasteiger partial charge in [0.05, 0.1) is 5.75 Å². The summed E-state index contributed by atoms with van der Waals surface area (Å²) in [5.74, 6) is 0.497. The van der Waals surface area contributed by atoms with Gasteiger partial charge in [-0.1, -0.05) is 17.7 Å². The highest BCUT2D eigenvalue weighted by Crippen LogP contribution is 2.17. The maximum atomic E-state index is 12.0. The van der Waals surface area contributed by atoms with Crippen LogP contribution in [0.25, 0.3) is 0 Å². The molecule has 0 unspecified atom stereocenters. The first-order valence-electron chi connectivity index (χ1n) is 6.33.